The first-order chi connectivity index (χ1) is 8.91. The Morgan fingerprint density at radius 2 is 2.32 bits per heavy atom. The molecule has 0 radical (unpaired) electrons. The van der Waals surface area contributed by atoms with Crippen LogP contribution in [-0.2, 0) is 15.1 Å². The SMILES string of the molecule is CC(C)(C)OC(=O)N1CCC2(c3ccoc3)OC2C1. The number of hydrogen-bond acceptors (Lipinski definition) is 4. The highest BCUT2D eigenvalue weighted by Crippen LogP contribution is 2.52. The van der Waals surface area contributed by atoms with E-state index in [-0.39, 0.29) is 17.8 Å². The van der Waals surface area contributed by atoms with E-state index in [1.807, 2.05) is 26.8 Å². The molecule has 2 aliphatic heterocycles. The molecule has 3 rings (SSSR count). The van der Waals surface area contributed by atoms with Crippen molar-refractivity contribution in [2.75, 3.05) is 13.1 Å². The standard InChI is InChI=1S/C14H19NO4/c1-13(2,3)19-12(16)15-6-5-14(11(8-15)18-14)10-4-7-17-9-10/h4,7,9,11H,5-6,8H2,1-3H3. The first-order valence-corrected chi connectivity index (χ1v) is 6.59. The first kappa shape index (κ1) is 12.5. The monoisotopic (exact) mass is 265 g/mol. The van der Waals surface area contributed by atoms with Gasteiger partial charge in [-0.15, -0.1) is 0 Å². The van der Waals surface area contributed by atoms with Crippen molar-refractivity contribution in [3.05, 3.63) is 24.2 Å². The van der Waals surface area contributed by atoms with E-state index in [1.54, 1.807) is 17.4 Å². The number of piperidine rings is 1. The van der Waals surface area contributed by atoms with Gasteiger partial charge in [-0.05, 0) is 26.8 Å². The Labute approximate surface area is 112 Å². The second-order valence-electron chi connectivity index (χ2n) is 6.18. The minimum atomic E-state index is -0.458. The molecule has 0 spiro atoms. The van der Waals surface area contributed by atoms with Crippen LogP contribution in [0, 0.1) is 0 Å². The molecular weight excluding hydrogens is 246 g/mol. The van der Waals surface area contributed by atoms with E-state index in [2.05, 4.69) is 0 Å². The maximum atomic E-state index is 12.0. The molecule has 2 fully saturated rings. The van der Waals surface area contributed by atoms with Crippen LogP contribution in [-0.4, -0.2) is 35.8 Å². The van der Waals surface area contributed by atoms with Crippen molar-refractivity contribution in [2.24, 2.45) is 0 Å². The highest BCUT2D eigenvalue weighted by molar-refractivity contribution is 5.68. The summed E-state index contributed by atoms with van der Waals surface area (Å²) in [6.45, 7) is 6.85. The molecule has 2 unspecified atom stereocenters. The number of likely N-dealkylation sites (tertiary alicyclic amines) is 1. The number of carbonyl (C=O) groups is 1. The van der Waals surface area contributed by atoms with Gasteiger partial charge in [-0.25, -0.2) is 4.79 Å². The third kappa shape index (κ3) is 2.23. The molecule has 1 aromatic rings. The van der Waals surface area contributed by atoms with Gasteiger partial charge in [-0.2, -0.15) is 0 Å². The van der Waals surface area contributed by atoms with Gasteiger partial charge in [0, 0.05) is 18.5 Å². The quantitative estimate of drug-likeness (QED) is 0.732. The highest BCUT2D eigenvalue weighted by Gasteiger charge is 2.61. The van der Waals surface area contributed by atoms with Gasteiger partial charge in [0.25, 0.3) is 0 Å². The van der Waals surface area contributed by atoms with Crippen LogP contribution < -0.4 is 0 Å². The van der Waals surface area contributed by atoms with E-state index < -0.39 is 5.60 Å². The topological polar surface area (TPSA) is 55.2 Å². The largest absolute Gasteiger partial charge is 0.472 e. The summed E-state index contributed by atoms with van der Waals surface area (Å²) in [5.74, 6) is 0. The molecule has 0 saturated carbocycles. The van der Waals surface area contributed by atoms with Gasteiger partial charge < -0.3 is 18.8 Å². The lowest BCUT2D eigenvalue weighted by Gasteiger charge is -2.30. The molecule has 5 nitrogen and oxygen atoms in total. The van der Waals surface area contributed by atoms with Crippen molar-refractivity contribution >= 4 is 6.09 Å². The zero-order valence-corrected chi connectivity index (χ0v) is 11.5. The zero-order valence-electron chi connectivity index (χ0n) is 11.5. The van der Waals surface area contributed by atoms with Gasteiger partial charge in [0.15, 0.2) is 0 Å². The minimum absolute atomic E-state index is 0.0615. The average Bonchev–Trinajstić information content (AvgIpc) is 2.78. The number of fused-ring (bicyclic) bond motifs is 1. The number of rotatable bonds is 1. The summed E-state index contributed by atoms with van der Waals surface area (Å²) in [6.07, 6.45) is 3.97. The van der Waals surface area contributed by atoms with Crippen LogP contribution in [0.15, 0.2) is 23.0 Å². The Balaban J connectivity index is 1.63. The Hall–Kier alpha value is -1.49. The Bertz CT molecular complexity index is 476. The molecule has 0 bridgehead atoms. The summed E-state index contributed by atoms with van der Waals surface area (Å²) in [6, 6.07) is 1.93. The molecule has 0 aromatic carbocycles. The van der Waals surface area contributed by atoms with Crippen molar-refractivity contribution in [2.45, 2.75) is 44.5 Å². The number of amides is 1. The highest BCUT2D eigenvalue weighted by atomic mass is 16.6. The van der Waals surface area contributed by atoms with Crippen LogP contribution in [0.4, 0.5) is 4.79 Å². The second-order valence-corrected chi connectivity index (χ2v) is 6.18. The molecule has 1 amide bonds. The lowest BCUT2D eigenvalue weighted by Crippen LogP contribution is -2.44. The number of nitrogens with zero attached hydrogens (tertiary/aromatic N) is 1. The Kier molecular flexibility index (Phi) is 2.64. The molecule has 5 heteroatoms. The summed E-state index contributed by atoms with van der Waals surface area (Å²) >= 11 is 0. The summed E-state index contributed by atoms with van der Waals surface area (Å²) < 4.78 is 16.3. The maximum absolute atomic E-state index is 12.0. The van der Waals surface area contributed by atoms with Crippen LogP contribution in [0.5, 0.6) is 0 Å². The number of carbonyl (C=O) groups excluding carboxylic acids is 1. The van der Waals surface area contributed by atoms with E-state index >= 15 is 0 Å². The molecular formula is C14H19NO4. The van der Waals surface area contributed by atoms with Crippen molar-refractivity contribution < 1.29 is 18.7 Å². The molecule has 2 saturated heterocycles. The number of furan rings is 1. The predicted octanol–water partition coefficient (Wildman–Crippen LogP) is 2.51. The Morgan fingerprint density at radius 1 is 1.53 bits per heavy atom. The third-order valence-corrected chi connectivity index (χ3v) is 3.62. The molecule has 0 aliphatic carbocycles. The summed E-state index contributed by atoms with van der Waals surface area (Å²) in [5.41, 5.74) is 0.382. The van der Waals surface area contributed by atoms with Gasteiger partial charge >= 0.3 is 6.09 Å². The maximum Gasteiger partial charge on any atom is 0.410 e. The van der Waals surface area contributed by atoms with Crippen LogP contribution >= 0.6 is 0 Å². The molecule has 1 aromatic heterocycles. The van der Waals surface area contributed by atoms with Crippen molar-refractivity contribution in [1.29, 1.82) is 0 Å². The molecule has 2 aliphatic rings. The number of hydrogen-bond donors (Lipinski definition) is 0. The fraction of sp³-hybridized carbons (Fsp3) is 0.643. The van der Waals surface area contributed by atoms with Gasteiger partial charge in [-0.1, -0.05) is 0 Å². The van der Waals surface area contributed by atoms with E-state index in [0.29, 0.717) is 13.1 Å². The lowest BCUT2D eigenvalue weighted by atomic mass is 9.91. The van der Waals surface area contributed by atoms with Crippen LogP contribution in [0.25, 0.3) is 0 Å². The van der Waals surface area contributed by atoms with Crippen molar-refractivity contribution in [3.63, 3.8) is 0 Å². The number of epoxide rings is 1. The Morgan fingerprint density at radius 3 is 2.89 bits per heavy atom. The molecule has 0 N–H and O–H groups in total. The smallest absolute Gasteiger partial charge is 0.410 e. The van der Waals surface area contributed by atoms with Crippen molar-refractivity contribution in [1.82, 2.24) is 4.90 Å². The van der Waals surface area contributed by atoms with Gasteiger partial charge in [-0.3, -0.25) is 0 Å². The van der Waals surface area contributed by atoms with Gasteiger partial charge in [0.05, 0.1) is 19.1 Å². The fourth-order valence-electron chi connectivity index (χ4n) is 2.61. The van der Waals surface area contributed by atoms with Crippen LogP contribution in [0.3, 0.4) is 0 Å². The van der Waals surface area contributed by atoms with E-state index in [0.717, 1.165) is 12.0 Å². The van der Waals surface area contributed by atoms with Crippen molar-refractivity contribution in [3.8, 4) is 0 Å². The molecule has 2 atom stereocenters. The minimum Gasteiger partial charge on any atom is -0.472 e. The first-order valence-electron chi connectivity index (χ1n) is 6.59. The summed E-state index contributed by atoms with van der Waals surface area (Å²) in [7, 11) is 0. The summed E-state index contributed by atoms with van der Waals surface area (Å²) in [5, 5.41) is 0. The van der Waals surface area contributed by atoms with E-state index in [9.17, 15) is 4.79 Å². The average molecular weight is 265 g/mol. The zero-order chi connectivity index (χ0) is 13.7. The van der Waals surface area contributed by atoms with Crippen LogP contribution in [0.1, 0.15) is 32.8 Å². The number of ether oxygens (including phenoxy) is 2. The fourth-order valence-corrected chi connectivity index (χ4v) is 2.61. The third-order valence-electron chi connectivity index (χ3n) is 3.62. The van der Waals surface area contributed by atoms with Gasteiger partial charge in [0.1, 0.15) is 17.3 Å². The van der Waals surface area contributed by atoms with E-state index in [4.69, 9.17) is 13.9 Å². The molecule has 19 heavy (non-hydrogen) atoms. The van der Waals surface area contributed by atoms with Crippen LogP contribution in [0.2, 0.25) is 0 Å². The molecule has 104 valence electrons. The predicted molar refractivity (Wildman–Crippen MR) is 67.7 cm³/mol. The lowest BCUT2D eigenvalue weighted by molar-refractivity contribution is 0.0217. The van der Waals surface area contributed by atoms with Gasteiger partial charge in [0.2, 0.25) is 0 Å². The molecule has 3 heterocycles. The van der Waals surface area contributed by atoms with E-state index in [1.165, 1.54) is 0 Å². The normalized spacial score (nSPS) is 29.8. The summed E-state index contributed by atoms with van der Waals surface area (Å²) in [4.78, 5) is 13.7. The second kappa shape index (κ2) is 4.00.